The summed E-state index contributed by atoms with van der Waals surface area (Å²) in [5.74, 6) is 0. The molecule has 1 aliphatic carbocycles. The first kappa shape index (κ1) is 23.0. The van der Waals surface area contributed by atoms with Gasteiger partial charge in [-0.25, -0.2) is 4.57 Å². The summed E-state index contributed by atoms with van der Waals surface area (Å²) in [4.78, 5) is 0. The molecule has 0 radical (unpaired) electrons. The van der Waals surface area contributed by atoms with E-state index in [2.05, 4.69) is 120 Å². The zero-order valence-electron chi connectivity index (χ0n) is 22.6. The lowest BCUT2D eigenvalue weighted by Gasteiger charge is -2.25. The Labute approximate surface area is 214 Å². The van der Waals surface area contributed by atoms with Gasteiger partial charge in [-0.2, -0.15) is 0 Å². The van der Waals surface area contributed by atoms with Crippen LogP contribution in [0.1, 0.15) is 56.9 Å². The molecule has 1 aliphatic rings. The van der Waals surface area contributed by atoms with Gasteiger partial charge in [-0.15, -0.1) is 0 Å². The highest BCUT2D eigenvalue weighted by Crippen LogP contribution is 2.46. The molecule has 0 N–H and O–H groups in total. The van der Waals surface area contributed by atoms with Crippen LogP contribution >= 0.6 is 0 Å². The number of pyridine rings is 1. The molecule has 0 amide bonds. The van der Waals surface area contributed by atoms with Crippen molar-refractivity contribution in [2.45, 2.75) is 59.8 Å². The predicted octanol–water partition coefficient (Wildman–Crippen LogP) is 8.48. The first-order chi connectivity index (χ1) is 17.0. The van der Waals surface area contributed by atoms with Crippen LogP contribution in [-0.4, -0.2) is 0 Å². The van der Waals surface area contributed by atoms with Crippen molar-refractivity contribution >= 4 is 21.9 Å². The van der Waals surface area contributed by atoms with Crippen molar-refractivity contribution in [3.05, 3.63) is 89.1 Å². The minimum absolute atomic E-state index is 0.0919. The number of furan rings is 1. The second-order valence-electron chi connectivity index (χ2n) is 12.5. The Bertz CT molecular complexity index is 1660. The number of nitrogens with zero attached hydrogens (tertiary/aromatic N) is 1. The molecule has 5 aromatic rings. The summed E-state index contributed by atoms with van der Waals surface area (Å²) in [5.41, 5.74) is 12.9. The number of benzene rings is 3. The van der Waals surface area contributed by atoms with Gasteiger partial charge in [0.1, 0.15) is 18.2 Å². The van der Waals surface area contributed by atoms with Gasteiger partial charge in [-0.3, -0.25) is 0 Å². The van der Waals surface area contributed by atoms with Gasteiger partial charge in [0.25, 0.3) is 0 Å². The van der Waals surface area contributed by atoms with Gasteiger partial charge < -0.3 is 4.42 Å². The largest absolute Gasteiger partial charge is 0.454 e. The van der Waals surface area contributed by atoms with Crippen molar-refractivity contribution in [1.82, 2.24) is 0 Å². The predicted molar refractivity (Wildman–Crippen MR) is 150 cm³/mol. The quantitative estimate of drug-likeness (QED) is 0.234. The highest BCUT2D eigenvalue weighted by atomic mass is 16.3. The second-order valence-corrected chi connectivity index (χ2v) is 12.5. The van der Waals surface area contributed by atoms with Crippen molar-refractivity contribution in [3.8, 4) is 22.4 Å². The van der Waals surface area contributed by atoms with Gasteiger partial charge >= 0.3 is 0 Å². The van der Waals surface area contributed by atoms with E-state index < -0.39 is 0 Å². The van der Waals surface area contributed by atoms with Crippen LogP contribution in [0, 0.1) is 12.3 Å². The lowest BCUT2D eigenvalue weighted by Crippen LogP contribution is -2.30. The second kappa shape index (κ2) is 7.80. The number of para-hydroxylation sites is 1. The van der Waals surface area contributed by atoms with Gasteiger partial charge in [0.05, 0.1) is 5.56 Å². The van der Waals surface area contributed by atoms with Crippen molar-refractivity contribution in [1.29, 1.82) is 0 Å². The molecule has 0 saturated heterocycles. The standard InChI is InChI=1S/C34H36NO/c1-21-14-15-26-25-12-10-11-24(31(25)36-32(26)30(21)29-13-8-9-16-35(29)7)22-17-23-19-34(5,6)20-27(23)28(18-22)33(2,3)4/h8-18H,19-20H2,1-7H3/q+1. The van der Waals surface area contributed by atoms with E-state index in [1.54, 1.807) is 5.56 Å². The summed E-state index contributed by atoms with van der Waals surface area (Å²) < 4.78 is 9.01. The maximum Gasteiger partial charge on any atom is 0.216 e. The van der Waals surface area contributed by atoms with E-state index in [0.717, 1.165) is 29.7 Å². The van der Waals surface area contributed by atoms with Crippen molar-refractivity contribution in [3.63, 3.8) is 0 Å². The third kappa shape index (κ3) is 3.58. The lowest BCUT2D eigenvalue weighted by atomic mass is 9.80. The summed E-state index contributed by atoms with van der Waals surface area (Å²) in [6.07, 6.45) is 4.38. The molecule has 2 nitrogen and oxygen atoms in total. The Morgan fingerprint density at radius 1 is 0.861 bits per heavy atom. The smallest absolute Gasteiger partial charge is 0.216 e. The molecule has 0 unspecified atom stereocenters. The number of hydrogen-bond donors (Lipinski definition) is 0. The zero-order valence-corrected chi connectivity index (χ0v) is 22.6. The number of aromatic nitrogens is 1. The molecule has 0 fully saturated rings. The van der Waals surface area contributed by atoms with E-state index in [1.165, 1.54) is 44.2 Å². The van der Waals surface area contributed by atoms with Gasteiger partial charge in [-0.1, -0.05) is 77.1 Å². The highest BCUT2D eigenvalue weighted by molar-refractivity contribution is 6.13. The van der Waals surface area contributed by atoms with Crippen LogP contribution in [0.15, 0.2) is 71.3 Å². The molecule has 0 bridgehead atoms. The SMILES string of the molecule is Cc1ccc2c(oc3c(-c4cc5c(c(C(C)(C)C)c4)CC(C)(C)C5)cccc32)c1-c1cccc[n+]1C. The summed E-state index contributed by atoms with van der Waals surface area (Å²) in [6.45, 7) is 14.0. The number of hydrogen-bond acceptors (Lipinski definition) is 1. The van der Waals surface area contributed by atoms with E-state index in [-0.39, 0.29) is 5.41 Å². The van der Waals surface area contributed by atoms with Crippen LogP contribution < -0.4 is 4.57 Å². The molecule has 2 heterocycles. The van der Waals surface area contributed by atoms with Crippen LogP contribution in [0.2, 0.25) is 0 Å². The molecular weight excluding hydrogens is 438 g/mol. The molecule has 0 saturated carbocycles. The van der Waals surface area contributed by atoms with Gasteiger partial charge in [0.2, 0.25) is 5.69 Å². The maximum absolute atomic E-state index is 6.83. The molecular formula is C34H36NO+. The summed E-state index contributed by atoms with van der Waals surface area (Å²) in [6, 6.07) is 22.3. The van der Waals surface area contributed by atoms with Gasteiger partial charge in [0.15, 0.2) is 6.20 Å². The summed E-state index contributed by atoms with van der Waals surface area (Å²) in [7, 11) is 2.10. The molecule has 6 rings (SSSR count). The molecule has 0 spiro atoms. The third-order valence-corrected chi connectivity index (χ3v) is 7.97. The maximum atomic E-state index is 6.83. The topological polar surface area (TPSA) is 17.0 Å². The average molecular weight is 475 g/mol. The van der Waals surface area contributed by atoms with Crippen LogP contribution in [0.3, 0.4) is 0 Å². The van der Waals surface area contributed by atoms with Crippen molar-refractivity contribution in [2.75, 3.05) is 0 Å². The van der Waals surface area contributed by atoms with E-state index in [0.29, 0.717) is 5.41 Å². The van der Waals surface area contributed by atoms with Gasteiger partial charge in [-0.05, 0) is 64.5 Å². The average Bonchev–Trinajstić information content (AvgIpc) is 3.33. The Hall–Kier alpha value is -3.39. The lowest BCUT2D eigenvalue weighted by molar-refractivity contribution is -0.660. The highest BCUT2D eigenvalue weighted by Gasteiger charge is 2.33. The number of aryl methyl sites for hydroxylation is 2. The van der Waals surface area contributed by atoms with Crippen molar-refractivity contribution < 1.29 is 8.98 Å². The zero-order chi connectivity index (χ0) is 25.4. The summed E-state index contributed by atoms with van der Waals surface area (Å²) >= 11 is 0. The first-order valence-corrected chi connectivity index (χ1v) is 13.1. The van der Waals surface area contributed by atoms with Crippen molar-refractivity contribution in [2.24, 2.45) is 12.5 Å². The molecule has 0 atom stereocenters. The Morgan fingerprint density at radius 3 is 2.39 bits per heavy atom. The fourth-order valence-corrected chi connectivity index (χ4v) is 6.27. The fraction of sp³-hybridized carbons (Fsp3) is 0.324. The molecule has 0 aliphatic heterocycles. The monoisotopic (exact) mass is 474 g/mol. The summed E-state index contributed by atoms with van der Waals surface area (Å²) in [5, 5.41) is 2.36. The Morgan fingerprint density at radius 2 is 1.64 bits per heavy atom. The molecule has 36 heavy (non-hydrogen) atoms. The van der Waals surface area contributed by atoms with Gasteiger partial charge in [0, 0.05) is 28.5 Å². The normalized spacial score (nSPS) is 15.1. The molecule has 2 aromatic heterocycles. The van der Waals surface area contributed by atoms with E-state index in [9.17, 15) is 0 Å². The van der Waals surface area contributed by atoms with Crippen LogP contribution in [0.4, 0.5) is 0 Å². The van der Waals surface area contributed by atoms with E-state index in [4.69, 9.17) is 4.42 Å². The molecule has 182 valence electrons. The fourth-order valence-electron chi connectivity index (χ4n) is 6.27. The molecule has 3 aromatic carbocycles. The van der Waals surface area contributed by atoms with E-state index >= 15 is 0 Å². The van der Waals surface area contributed by atoms with Crippen LogP contribution in [0.5, 0.6) is 0 Å². The first-order valence-electron chi connectivity index (χ1n) is 13.1. The molecule has 2 heteroatoms. The number of fused-ring (bicyclic) bond motifs is 4. The van der Waals surface area contributed by atoms with Crippen LogP contribution in [-0.2, 0) is 25.3 Å². The van der Waals surface area contributed by atoms with Crippen LogP contribution in [0.25, 0.3) is 44.3 Å². The minimum atomic E-state index is 0.0919. The Kier molecular flexibility index (Phi) is 4.99. The number of rotatable bonds is 2. The minimum Gasteiger partial charge on any atom is -0.454 e. The Balaban J connectivity index is 1.64. The third-order valence-electron chi connectivity index (χ3n) is 7.97. The van der Waals surface area contributed by atoms with E-state index in [1.807, 2.05) is 0 Å².